The van der Waals surface area contributed by atoms with Gasteiger partial charge in [-0.1, -0.05) is 39.0 Å². The normalized spacial score (nSPS) is 27.2. The monoisotopic (exact) mass is 455 g/mol. The number of carbonyl (C=O) groups excluding carboxylic acids is 1. The number of fused-ring (bicyclic) bond motifs is 1. The second-order valence-electron chi connectivity index (χ2n) is 8.76. The lowest BCUT2D eigenvalue weighted by atomic mass is 9.78. The minimum absolute atomic E-state index is 0.00447. The molecule has 2 aliphatic heterocycles. The predicted octanol–water partition coefficient (Wildman–Crippen LogP) is 3.34. The number of alkyl halides is 3. The number of nitrogens with one attached hydrogen (secondary N) is 2. The maximum Gasteiger partial charge on any atom is 0.416 e. The van der Waals surface area contributed by atoms with Gasteiger partial charge in [0.1, 0.15) is 0 Å². The van der Waals surface area contributed by atoms with Crippen LogP contribution in [0.25, 0.3) is 0 Å². The highest BCUT2D eigenvalue weighted by atomic mass is 19.4. The molecule has 178 valence electrons. The molecule has 2 aliphatic rings. The number of nitrogens with zero attached hydrogens (tertiary/aromatic N) is 2. The van der Waals surface area contributed by atoms with Crippen LogP contribution < -0.4 is 10.6 Å². The fourth-order valence-electron chi connectivity index (χ4n) is 5.19. The molecular weight excluding hydrogens is 421 g/mol. The zero-order valence-corrected chi connectivity index (χ0v) is 19.0. The molecule has 0 aromatic heterocycles. The van der Waals surface area contributed by atoms with Gasteiger partial charge in [-0.2, -0.15) is 13.2 Å². The molecule has 0 aliphatic carbocycles. The second-order valence-corrected chi connectivity index (χ2v) is 8.76. The van der Waals surface area contributed by atoms with Gasteiger partial charge in [0.15, 0.2) is 0 Å². The van der Waals surface area contributed by atoms with Gasteiger partial charge in [-0.3, -0.25) is 10.1 Å². The van der Waals surface area contributed by atoms with Crippen LogP contribution in [0.15, 0.2) is 24.3 Å². The van der Waals surface area contributed by atoms with E-state index in [9.17, 15) is 22.9 Å². The third-order valence-electron chi connectivity index (χ3n) is 6.79. The molecule has 32 heavy (non-hydrogen) atoms. The number of halogens is 3. The summed E-state index contributed by atoms with van der Waals surface area (Å²) in [6, 6.07) is 4.93. The van der Waals surface area contributed by atoms with Gasteiger partial charge >= 0.3 is 6.18 Å². The fraction of sp³-hybridized carbons (Fsp3) is 0.696. The van der Waals surface area contributed by atoms with E-state index in [1.54, 1.807) is 11.0 Å². The Morgan fingerprint density at radius 1 is 1.31 bits per heavy atom. The zero-order valence-electron chi connectivity index (χ0n) is 19.0. The number of likely N-dealkylation sites (N-methyl/N-ethyl adjacent to an activating group) is 1. The molecule has 5 unspecified atom stereocenters. The number of hydrogen-bond donors (Lipinski definition) is 2. The van der Waals surface area contributed by atoms with E-state index >= 15 is 0 Å². The van der Waals surface area contributed by atoms with Crippen molar-refractivity contribution in [3.8, 4) is 0 Å². The molecule has 5 atom stereocenters. The van der Waals surface area contributed by atoms with Crippen molar-refractivity contribution >= 4 is 5.91 Å². The Bertz CT molecular complexity index is 817. The number of amides is 1. The number of piperidine rings is 1. The molecule has 1 aromatic carbocycles. The summed E-state index contributed by atoms with van der Waals surface area (Å²) in [7, 11) is 0. The van der Waals surface area contributed by atoms with E-state index in [1.165, 1.54) is 6.07 Å². The van der Waals surface area contributed by atoms with E-state index < -0.39 is 17.9 Å². The van der Waals surface area contributed by atoms with Crippen molar-refractivity contribution in [2.75, 3.05) is 19.6 Å². The Kier molecular flexibility index (Phi) is 7.92. The highest BCUT2D eigenvalue weighted by molar-refractivity contribution is 5.75. The Labute approximate surface area is 187 Å². The van der Waals surface area contributed by atoms with Crippen molar-refractivity contribution in [1.82, 2.24) is 15.5 Å². The SMILES string of the molecule is CCNC(CC)C1NC(Cc2cccc(C(F)(F)F)c2)[N+](=O)C2CN(C(=O)CC)CCC12. The molecule has 1 amide bonds. The van der Waals surface area contributed by atoms with Crippen LogP contribution in [-0.2, 0) is 17.4 Å². The van der Waals surface area contributed by atoms with Crippen LogP contribution in [-0.4, -0.2) is 59.5 Å². The summed E-state index contributed by atoms with van der Waals surface area (Å²) >= 11 is 0. The highest BCUT2D eigenvalue weighted by Gasteiger charge is 2.53. The van der Waals surface area contributed by atoms with E-state index in [1.807, 2.05) is 13.8 Å². The molecule has 2 fully saturated rings. The number of rotatable bonds is 7. The molecule has 3 rings (SSSR count). The second kappa shape index (κ2) is 10.3. The first-order chi connectivity index (χ1) is 15.2. The van der Waals surface area contributed by atoms with Gasteiger partial charge in [-0.25, -0.2) is 0 Å². The van der Waals surface area contributed by atoms with Crippen molar-refractivity contribution in [2.24, 2.45) is 5.92 Å². The lowest BCUT2D eigenvalue weighted by Crippen LogP contribution is -2.70. The Hall–Kier alpha value is -2.00. The van der Waals surface area contributed by atoms with E-state index in [-0.39, 0.29) is 36.4 Å². The van der Waals surface area contributed by atoms with Crippen LogP contribution in [0.3, 0.4) is 0 Å². The van der Waals surface area contributed by atoms with Crippen molar-refractivity contribution in [1.29, 1.82) is 0 Å². The van der Waals surface area contributed by atoms with E-state index in [0.717, 1.165) is 36.3 Å². The maximum atomic E-state index is 13.4. The number of hydrogen-bond acceptors (Lipinski definition) is 4. The van der Waals surface area contributed by atoms with E-state index in [2.05, 4.69) is 17.6 Å². The molecule has 2 heterocycles. The summed E-state index contributed by atoms with van der Waals surface area (Å²) in [5, 5.41) is 6.97. The predicted molar refractivity (Wildman–Crippen MR) is 116 cm³/mol. The molecule has 1 aromatic rings. The summed E-state index contributed by atoms with van der Waals surface area (Å²) in [6.07, 6.45) is -2.94. The standard InChI is InChI=1S/C23H34F3N4O2/c1-4-18(27-6-3)22-17-10-11-29(21(31)5-2)14-19(17)30(32)20(28-22)13-15-8-7-9-16(12-15)23(24,25)26/h7-9,12,17-20,22,27-28H,4-6,10-11,13-14H2,1-3H3/q+1. The molecule has 9 heteroatoms. The maximum absolute atomic E-state index is 13.4. The molecule has 0 bridgehead atoms. The third kappa shape index (κ3) is 5.31. The molecular formula is C23H34F3N4O2+. The first-order valence-corrected chi connectivity index (χ1v) is 11.6. The topological polar surface area (TPSA) is 64.5 Å². The molecule has 6 nitrogen and oxygen atoms in total. The fourth-order valence-corrected chi connectivity index (χ4v) is 5.19. The van der Waals surface area contributed by atoms with Gasteiger partial charge in [0, 0.05) is 40.6 Å². The quantitative estimate of drug-likeness (QED) is 0.619. The zero-order chi connectivity index (χ0) is 23.5. The molecule has 0 spiro atoms. The first-order valence-electron chi connectivity index (χ1n) is 11.6. The van der Waals surface area contributed by atoms with Gasteiger partial charge < -0.3 is 10.2 Å². The van der Waals surface area contributed by atoms with Crippen LogP contribution >= 0.6 is 0 Å². The Morgan fingerprint density at radius 3 is 2.69 bits per heavy atom. The minimum Gasteiger partial charge on any atom is -0.336 e. The Balaban J connectivity index is 1.88. The van der Waals surface area contributed by atoms with Crippen molar-refractivity contribution in [2.45, 2.75) is 76.9 Å². The average Bonchev–Trinajstić information content (AvgIpc) is 2.78. The smallest absolute Gasteiger partial charge is 0.336 e. The van der Waals surface area contributed by atoms with Crippen LogP contribution in [0.4, 0.5) is 13.2 Å². The summed E-state index contributed by atoms with van der Waals surface area (Å²) in [4.78, 5) is 27.4. The lowest BCUT2D eigenvalue weighted by molar-refractivity contribution is -0.648. The van der Waals surface area contributed by atoms with Gasteiger partial charge in [0.25, 0.3) is 6.17 Å². The molecule has 0 radical (unpaired) electrons. The summed E-state index contributed by atoms with van der Waals surface area (Å²) in [5.41, 5.74) is -0.252. The summed E-state index contributed by atoms with van der Waals surface area (Å²) in [5.74, 6) is 0.0928. The average molecular weight is 456 g/mol. The molecule has 0 saturated carbocycles. The van der Waals surface area contributed by atoms with Crippen LogP contribution in [0, 0.1) is 10.8 Å². The van der Waals surface area contributed by atoms with Crippen molar-refractivity contribution in [3.63, 3.8) is 0 Å². The summed E-state index contributed by atoms with van der Waals surface area (Å²) in [6.45, 7) is 7.70. The molecule has 2 saturated heterocycles. The van der Waals surface area contributed by atoms with E-state index in [0.29, 0.717) is 25.1 Å². The largest absolute Gasteiger partial charge is 0.416 e. The third-order valence-corrected chi connectivity index (χ3v) is 6.79. The Morgan fingerprint density at radius 2 is 2.06 bits per heavy atom. The first kappa shape index (κ1) is 24.6. The van der Waals surface area contributed by atoms with Gasteiger partial charge in [0.05, 0.1) is 18.5 Å². The highest BCUT2D eigenvalue weighted by Crippen LogP contribution is 2.33. The number of carbonyl (C=O) groups is 1. The van der Waals surface area contributed by atoms with Crippen LogP contribution in [0.2, 0.25) is 0 Å². The lowest BCUT2D eigenvalue weighted by Gasteiger charge is -2.45. The number of benzene rings is 1. The number of nitroso groups, excluding NO2 is 1. The van der Waals surface area contributed by atoms with Crippen molar-refractivity contribution in [3.05, 3.63) is 40.3 Å². The number of likely N-dealkylation sites (tertiary alicyclic amines) is 1. The van der Waals surface area contributed by atoms with E-state index in [4.69, 9.17) is 0 Å². The van der Waals surface area contributed by atoms with Gasteiger partial charge in [0.2, 0.25) is 11.9 Å². The molecule has 2 N–H and O–H groups in total. The van der Waals surface area contributed by atoms with Crippen molar-refractivity contribution < 1.29 is 22.7 Å². The van der Waals surface area contributed by atoms with Crippen LogP contribution in [0.5, 0.6) is 0 Å². The minimum atomic E-state index is -4.43. The summed E-state index contributed by atoms with van der Waals surface area (Å²) < 4.78 is 40.5. The van der Waals surface area contributed by atoms with Crippen LogP contribution in [0.1, 0.15) is 51.2 Å². The van der Waals surface area contributed by atoms with Gasteiger partial charge in [-0.05, 0) is 31.0 Å². The van der Waals surface area contributed by atoms with Gasteiger partial charge in [-0.15, -0.1) is 0 Å².